The Morgan fingerprint density at radius 1 is 0.952 bits per heavy atom. The first-order valence-electron chi connectivity index (χ1n) is 14.2. The van der Waals surface area contributed by atoms with Gasteiger partial charge in [0.15, 0.2) is 11.4 Å². The van der Waals surface area contributed by atoms with Crippen LogP contribution < -0.4 is 10.4 Å². The van der Waals surface area contributed by atoms with E-state index in [0.29, 0.717) is 16.7 Å². The maximum absolute atomic E-state index is 15.8. The van der Waals surface area contributed by atoms with Gasteiger partial charge >= 0.3 is 0 Å². The van der Waals surface area contributed by atoms with Gasteiger partial charge in [-0.15, -0.1) is 11.3 Å². The molecule has 10 rings (SSSR count). The number of nitrogens with zero attached hydrogens (tertiary/aromatic N) is 3. The van der Waals surface area contributed by atoms with Gasteiger partial charge < -0.3 is 10.0 Å². The smallest absolute Gasteiger partial charge is 0.280 e. The van der Waals surface area contributed by atoms with Gasteiger partial charge in [0.1, 0.15) is 12.0 Å². The van der Waals surface area contributed by atoms with Gasteiger partial charge in [0.05, 0.1) is 11.6 Å². The Labute approximate surface area is 242 Å². The second-order valence-corrected chi connectivity index (χ2v) is 12.9. The van der Waals surface area contributed by atoms with E-state index in [1.807, 2.05) is 29.3 Å². The lowest BCUT2D eigenvalue weighted by atomic mass is 9.75. The molecule has 1 amide bonds. The third kappa shape index (κ3) is 2.90. The van der Waals surface area contributed by atoms with Crippen LogP contribution in [0.2, 0.25) is 0 Å². The summed E-state index contributed by atoms with van der Waals surface area (Å²) in [4.78, 5) is 29.2. The van der Waals surface area contributed by atoms with Gasteiger partial charge in [0, 0.05) is 40.7 Å². The summed E-state index contributed by atoms with van der Waals surface area (Å²) in [6, 6.07) is 10.9. The zero-order valence-electron chi connectivity index (χ0n) is 22.2. The summed E-state index contributed by atoms with van der Waals surface area (Å²) in [5, 5.41) is 14.7. The molecule has 2 aromatic heterocycles. The number of amides is 1. The van der Waals surface area contributed by atoms with Gasteiger partial charge in [0.2, 0.25) is 5.43 Å². The molecule has 2 saturated heterocycles. The lowest BCUT2D eigenvalue weighted by molar-refractivity contribution is -0.0247. The van der Waals surface area contributed by atoms with Crippen LogP contribution in [0.4, 0.5) is 13.2 Å². The Bertz CT molecular complexity index is 1930. The van der Waals surface area contributed by atoms with Gasteiger partial charge in [0.25, 0.3) is 11.8 Å². The van der Waals surface area contributed by atoms with Gasteiger partial charge in [-0.3, -0.25) is 19.3 Å². The third-order valence-electron chi connectivity index (χ3n) is 9.99. The van der Waals surface area contributed by atoms with Gasteiger partial charge in [-0.25, -0.2) is 13.2 Å². The van der Waals surface area contributed by atoms with Crippen molar-refractivity contribution in [1.82, 2.24) is 9.58 Å². The Kier molecular flexibility index (Phi) is 4.71. The Morgan fingerprint density at radius 2 is 1.74 bits per heavy atom. The quantitative estimate of drug-likeness (QED) is 0.291. The summed E-state index contributed by atoms with van der Waals surface area (Å²) < 4.78 is 48.6. The number of benzene rings is 2. The highest BCUT2D eigenvalue weighted by Crippen LogP contribution is 2.59. The minimum atomic E-state index is -3.41. The average Bonchev–Trinajstić information content (AvgIpc) is 3.35. The second kappa shape index (κ2) is 8.06. The zero-order chi connectivity index (χ0) is 28.7. The Hall–Kier alpha value is -4.05. The number of hydrogen-bond acceptors (Lipinski definition) is 5. The predicted octanol–water partition coefficient (Wildman–Crippen LogP) is 6.13. The zero-order valence-corrected chi connectivity index (χ0v) is 23.0. The number of piperidine rings is 2. The minimum Gasteiger partial charge on any atom is -0.502 e. The number of aromatic nitrogens is 1. The number of hydrogen-bond donors (Lipinski definition) is 1. The van der Waals surface area contributed by atoms with Gasteiger partial charge in [-0.2, -0.15) is 0 Å². The molecule has 1 N–H and O–H groups in total. The number of alkyl halides is 2. The molecule has 2 aromatic carbocycles. The molecule has 10 heteroatoms. The third-order valence-corrected chi connectivity index (χ3v) is 11.1. The van der Waals surface area contributed by atoms with E-state index in [9.17, 15) is 14.7 Å². The van der Waals surface area contributed by atoms with Crippen LogP contribution in [0.1, 0.15) is 64.5 Å². The first-order chi connectivity index (χ1) is 20.3. The minimum absolute atomic E-state index is 0.0702. The highest BCUT2D eigenvalue weighted by Gasteiger charge is 2.55. The lowest BCUT2D eigenvalue weighted by Gasteiger charge is -2.59. The van der Waals surface area contributed by atoms with Crippen LogP contribution in [0.15, 0.2) is 58.8 Å². The molecule has 3 aliphatic heterocycles. The molecule has 3 aliphatic carbocycles. The number of rotatable bonds is 1. The number of fused-ring (bicyclic) bond motifs is 5. The van der Waals surface area contributed by atoms with Gasteiger partial charge in [-0.1, -0.05) is 30.3 Å². The SMILES string of the molecule is O=C1c2c(O)c(=O)ccn2N(C2c3ccccc3-c3scc4c3-c3c2ccc(F)c3C(F)(F)C4)C2C3CCC(CC3)N12. The summed E-state index contributed by atoms with van der Waals surface area (Å²) in [5.74, 6) is -5.30. The summed E-state index contributed by atoms with van der Waals surface area (Å²) >= 11 is 1.38. The number of halogens is 3. The van der Waals surface area contributed by atoms with E-state index >= 15 is 13.2 Å². The number of aromatic hydroxyl groups is 1. The number of carbonyl (C=O) groups is 1. The molecule has 212 valence electrons. The van der Waals surface area contributed by atoms with E-state index in [0.717, 1.165) is 47.8 Å². The van der Waals surface area contributed by atoms with Crippen molar-refractivity contribution in [2.45, 2.75) is 56.3 Å². The van der Waals surface area contributed by atoms with Crippen LogP contribution in [0.5, 0.6) is 5.75 Å². The van der Waals surface area contributed by atoms with Crippen molar-refractivity contribution in [2.24, 2.45) is 5.92 Å². The van der Waals surface area contributed by atoms with Crippen molar-refractivity contribution in [3.05, 3.63) is 98.0 Å². The molecule has 6 nitrogen and oxygen atoms in total. The highest BCUT2D eigenvalue weighted by atomic mass is 32.1. The molecule has 2 unspecified atom stereocenters. The van der Waals surface area contributed by atoms with Crippen molar-refractivity contribution in [3.63, 3.8) is 0 Å². The van der Waals surface area contributed by atoms with Crippen LogP contribution in [0.3, 0.4) is 0 Å². The summed E-state index contributed by atoms with van der Waals surface area (Å²) in [6.07, 6.45) is 3.89. The van der Waals surface area contributed by atoms with E-state index < -0.39 is 53.0 Å². The first kappa shape index (κ1) is 24.5. The summed E-state index contributed by atoms with van der Waals surface area (Å²) in [5.41, 5.74) is 2.14. The van der Waals surface area contributed by atoms with Gasteiger partial charge in [-0.05, 0) is 65.3 Å². The van der Waals surface area contributed by atoms with E-state index in [-0.39, 0.29) is 23.2 Å². The standard InChI is InChI=1S/C32H24F3N3O3S/c33-21-10-9-20-24-23-16(13-32(34,35)25(21)24)14-42-29(23)19-4-2-1-3-18(19)26(20)38-30-15-5-7-17(8-6-15)37(30)31(41)27-28(40)22(39)11-12-36(27)38/h1-4,9-12,14-15,17,26,30,40H,5-8,13H2. The topological polar surface area (TPSA) is 65.8 Å². The van der Waals surface area contributed by atoms with Crippen LogP contribution in [0.25, 0.3) is 21.6 Å². The second-order valence-electron chi connectivity index (χ2n) is 12.0. The first-order valence-corrected chi connectivity index (χ1v) is 15.1. The fourth-order valence-corrected chi connectivity index (χ4v) is 9.48. The lowest BCUT2D eigenvalue weighted by Crippen LogP contribution is -2.70. The molecule has 0 spiro atoms. The van der Waals surface area contributed by atoms with Crippen molar-refractivity contribution in [2.75, 3.05) is 5.01 Å². The molecular formula is C32H24F3N3O3S. The van der Waals surface area contributed by atoms with Crippen molar-refractivity contribution >= 4 is 17.2 Å². The van der Waals surface area contributed by atoms with Crippen molar-refractivity contribution in [3.8, 4) is 27.3 Å². The maximum atomic E-state index is 15.8. The highest BCUT2D eigenvalue weighted by molar-refractivity contribution is 7.14. The number of pyridine rings is 1. The van der Waals surface area contributed by atoms with Crippen molar-refractivity contribution < 1.29 is 23.1 Å². The summed E-state index contributed by atoms with van der Waals surface area (Å²) in [6.45, 7) is 0. The molecule has 1 saturated carbocycles. The monoisotopic (exact) mass is 587 g/mol. The molecule has 3 fully saturated rings. The van der Waals surface area contributed by atoms with Crippen LogP contribution in [-0.2, 0) is 12.3 Å². The van der Waals surface area contributed by atoms with E-state index in [1.54, 1.807) is 21.0 Å². The molecule has 4 aromatic rings. The van der Waals surface area contributed by atoms with E-state index in [2.05, 4.69) is 0 Å². The molecule has 6 aliphatic rings. The van der Waals surface area contributed by atoms with E-state index in [4.69, 9.17) is 0 Å². The van der Waals surface area contributed by atoms with Crippen LogP contribution in [-0.4, -0.2) is 32.8 Å². The molecule has 5 heterocycles. The number of thiophene rings is 1. The Morgan fingerprint density at radius 3 is 2.55 bits per heavy atom. The average molecular weight is 588 g/mol. The molecular weight excluding hydrogens is 563 g/mol. The van der Waals surface area contributed by atoms with E-state index in [1.165, 1.54) is 23.6 Å². The van der Waals surface area contributed by atoms with Crippen LogP contribution in [0, 0.1) is 11.7 Å². The molecule has 0 radical (unpaired) electrons. The maximum Gasteiger partial charge on any atom is 0.280 e. The molecule has 2 bridgehead atoms. The summed E-state index contributed by atoms with van der Waals surface area (Å²) in [7, 11) is 0. The molecule has 2 atom stereocenters. The number of carbonyl (C=O) groups excluding carboxylic acids is 1. The predicted molar refractivity (Wildman–Crippen MR) is 151 cm³/mol. The largest absolute Gasteiger partial charge is 0.502 e. The Balaban J connectivity index is 1.42. The van der Waals surface area contributed by atoms with Crippen LogP contribution >= 0.6 is 11.3 Å². The fourth-order valence-electron chi connectivity index (χ4n) is 8.35. The van der Waals surface area contributed by atoms with Crippen molar-refractivity contribution in [1.29, 1.82) is 0 Å². The molecule has 42 heavy (non-hydrogen) atoms. The fraction of sp³-hybridized carbons (Fsp3) is 0.312. The normalized spacial score (nSPS) is 25.8.